The lowest BCUT2D eigenvalue weighted by Gasteiger charge is -2.19. The molecule has 1 N–H and O–H groups in total. The smallest absolute Gasteiger partial charge is 0.197 e. The van der Waals surface area contributed by atoms with E-state index in [0.717, 1.165) is 31.3 Å². The van der Waals surface area contributed by atoms with Crippen LogP contribution < -0.4 is 0 Å². The van der Waals surface area contributed by atoms with Gasteiger partial charge in [-0.15, -0.1) is 0 Å². The van der Waals surface area contributed by atoms with E-state index in [4.69, 9.17) is 0 Å². The highest BCUT2D eigenvalue weighted by Gasteiger charge is 2.25. The Labute approximate surface area is 78.0 Å². The van der Waals surface area contributed by atoms with E-state index in [0.29, 0.717) is 12.3 Å². The quantitative estimate of drug-likeness (QED) is 0.626. The molecule has 1 atom stereocenters. The molecule has 0 heterocycles. The molecular weight excluding hydrogens is 164 g/mol. The van der Waals surface area contributed by atoms with Crippen molar-refractivity contribution in [3.8, 4) is 0 Å². The maximum atomic E-state index is 11.2. The third-order valence-corrected chi connectivity index (χ3v) is 2.88. The second-order valence-electron chi connectivity index (χ2n) is 3.76. The van der Waals surface area contributed by atoms with E-state index >= 15 is 0 Å². The van der Waals surface area contributed by atoms with E-state index in [2.05, 4.69) is 12.2 Å². The first-order chi connectivity index (χ1) is 6.29. The SMILES string of the molecule is O=C1CCCC([C@@H]2C=CCC2)=C1O. The Morgan fingerprint density at radius 2 is 2.23 bits per heavy atom. The molecule has 0 aromatic carbocycles. The lowest BCUT2D eigenvalue weighted by Crippen LogP contribution is -2.15. The first kappa shape index (κ1) is 8.54. The summed E-state index contributed by atoms with van der Waals surface area (Å²) in [6.45, 7) is 0. The molecule has 0 saturated heterocycles. The summed E-state index contributed by atoms with van der Waals surface area (Å²) in [5.74, 6) is 0.327. The minimum Gasteiger partial charge on any atom is -0.504 e. The summed E-state index contributed by atoms with van der Waals surface area (Å²) in [4.78, 5) is 11.2. The van der Waals surface area contributed by atoms with E-state index in [-0.39, 0.29) is 11.5 Å². The van der Waals surface area contributed by atoms with Gasteiger partial charge in [0.2, 0.25) is 0 Å². The average molecular weight is 178 g/mol. The molecule has 70 valence electrons. The van der Waals surface area contributed by atoms with Crippen LogP contribution >= 0.6 is 0 Å². The van der Waals surface area contributed by atoms with Crippen LogP contribution in [0, 0.1) is 5.92 Å². The number of Topliss-reactive ketones (excluding diaryl/α,β-unsaturated/α-hetero) is 1. The number of rotatable bonds is 1. The Morgan fingerprint density at radius 1 is 1.38 bits per heavy atom. The first-order valence-corrected chi connectivity index (χ1v) is 4.91. The van der Waals surface area contributed by atoms with Crippen LogP contribution in [0.5, 0.6) is 0 Å². The fourth-order valence-electron chi connectivity index (χ4n) is 2.14. The lowest BCUT2D eigenvalue weighted by molar-refractivity contribution is -0.118. The van der Waals surface area contributed by atoms with E-state index in [1.54, 1.807) is 0 Å². The minimum absolute atomic E-state index is 0.0581. The van der Waals surface area contributed by atoms with Gasteiger partial charge in [0.05, 0.1) is 0 Å². The van der Waals surface area contributed by atoms with Crippen LogP contribution in [0.15, 0.2) is 23.5 Å². The van der Waals surface area contributed by atoms with Crippen LogP contribution in [0.2, 0.25) is 0 Å². The van der Waals surface area contributed by atoms with Gasteiger partial charge in [-0.3, -0.25) is 4.79 Å². The number of carbonyl (C=O) groups is 1. The summed E-state index contributed by atoms with van der Waals surface area (Å²) < 4.78 is 0. The maximum Gasteiger partial charge on any atom is 0.197 e. The molecular formula is C11H14O2. The Balaban J connectivity index is 2.24. The van der Waals surface area contributed by atoms with Crippen molar-refractivity contribution in [1.29, 1.82) is 0 Å². The molecule has 2 nitrogen and oxygen atoms in total. The zero-order valence-electron chi connectivity index (χ0n) is 7.62. The monoisotopic (exact) mass is 178 g/mol. The molecule has 0 saturated carbocycles. The van der Waals surface area contributed by atoms with Gasteiger partial charge in [0.25, 0.3) is 0 Å². The van der Waals surface area contributed by atoms with Gasteiger partial charge in [0, 0.05) is 12.3 Å². The number of ketones is 1. The van der Waals surface area contributed by atoms with E-state index in [9.17, 15) is 9.90 Å². The van der Waals surface area contributed by atoms with Crippen LogP contribution in [0.25, 0.3) is 0 Å². The van der Waals surface area contributed by atoms with Crippen molar-refractivity contribution >= 4 is 5.78 Å². The summed E-state index contributed by atoms with van der Waals surface area (Å²) in [6, 6.07) is 0. The third-order valence-electron chi connectivity index (χ3n) is 2.88. The molecule has 0 amide bonds. The maximum absolute atomic E-state index is 11.2. The highest BCUT2D eigenvalue weighted by molar-refractivity contribution is 5.94. The molecule has 2 heteroatoms. The lowest BCUT2D eigenvalue weighted by atomic mass is 9.87. The van der Waals surface area contributed by atoms with Crippen molar-refractivity contribution in [2.75, 3.05) is 0 Å². The van der Waals surface area contributed by atoms with Crippen molar-refractivity contribution in [2.45, 2.75) is 32.1 Å². The summed E-state index contributed by atoms with van der Waals surface area (Å²) in [7, 11) is 0. The van der Waals surface area contributed by atoms with Crippen molar-refractivity contribution in [3.05, 3.63) is 23.5 Å². The summed E-state index contributed by atoms with van der Waals surface area (Å²) in [5.41, 5.74) is 0.977. The molecule has 13 heavy (non-hydrogen) atoms. The van der Waals surface area contributed by atoms with E-state index < -0.39 is 0 Å². The van der Waals surface area contributed by atoms with Gasteiger partial charge in [0.15, 0.2) is 11.5 Å². The highest BCUT2D eigenvalue weighted by Crippen LogP contribution is 2.33. The van der Waals surface area contributed by atoms with Crippen LogP contribution in [0.4, 0.5) is 0 Å². The van der Waals surface area contributed by atoms with Crippen LogP contribution in [-0.2, 0) is 4.79 Å². The van der Waals surface area contributed by atoms with Gasteiger partial charge in [0.1, 0.15) is 0 Å². The van der Waals surface area contributed by atoms with Gasteiger partial charge < -0.3 is 5.11 Å². The molecule has 0 unspecified atom stereocenters. The van der Waals surface area contributed by atoms with Crippen LogP contribution in [0.1, 0.15) is 32.1 Å². The van der Waals surface area contributed by atoms with E-state index in [1.165, 1.54) is 0 Å². The normalized spacial score (nSPS) is 28.6. The first-order valence-electron chi connectivity index (χ1n) is 4.91. The van der Waals surface area contributed by atoms with Gasteiger partial charge >= 0.3 is 0 Å². The van der Waals surface area contributed by atoms with Gasteiger partial charge in [-0.05, 0) is 31.3 Å². The van der Waals surface area contributed by atoms with Crippen molar-refractivity contribution in [1.82, 2.24) is 0 Å². The van der Waals surface area contributed by atoms with Crippen molar-refractivity contribution in [3.63, 3.8) is 0 Å². The van der Waals surface area contributed by atoms with Crippen molar-refractivity contribution in [2.24, 2.45) is 5.92 Å². The van der Waals surface area contributed by atoms with Crippen LogP contribution in [0.3, 0.4) is 0 Å². The molecule has 0 aromatic heterocycles. The molecule has 0 aromatic rings. The molecule has 2 aliphatic rings. The molecule has 0 aliphatic heterocycles. The molecule has 2 aliphatic carbocycles. The number of carbonyl (C=O) groups excluding carboxylic acids is 1. The summed E-state index contributed by atoms with van der Waals surface area (Å²) in [6.07, 6.45) is 8.71. The van der Waals surface area contributed by atoms with Gasteiger partial charge in [-0.2, -0.15) is 0 Å². The molecule has 0 radical (unpaired) electrons. The Kier molecular flexibility index (Phi) is 2.21. The van der Waals surface area contributed by atoms with Gasteiger partial charge in [-0.1, -0.05) is 12.2 Å². The summed E-state index contributed by atoms with van der Waals surface area (Å²) in [5, 5.41) is 9.59. The number of hydrogen-bond donors (Lipinski definition) is 1. The minimum atomic E-state index is -0.0680. The standard InChI is InChI=1S/C11H14O2/c12-10-7-3-6-9(11(10)13)8-4-1-2-5-8/h1,4,8,13H,2-3,5-7H2/t8-/m1/s1. The predicted molar refractivity (Wildman–Crippen MR) is 50.4 cm³/mol. The Morgan fingerprint density at radius 3 is 2.92 bits per heavy atom. The fraction of sp³-hybridized carbons (Fsp3) is 0.545. The highest BCUT2D eigenvalue weighted by atomic mass is 16.3. The molecule has 2 rings (SSSR count). The number of aliphatic hydroxyl groups is 1. The average Bonchev–Trinajstić information content (AvgIpc) is 2.62. The summed E-state index contributed by atoms with van der Waals surface area (Å²) >= 11 is 0. The molecule has 0 spiro atoms. The number of aliphatic hydroxyl groups excluding tert-OH is 1. The molecule has 0 fully saturated rings. The van der Waals surface area contributed by atoms with Crippen molar-refractivity contribution < 1.29 is 9.90 Å². The zero-order valence-corrected chi connectivity index (χ0v) is 7.62. The topological polar surface area (TPSA) is 37.3 Å². The predicted octanol–water partition coefficient (Wildman–Crippen LogP) is 2.52. The second kappa shape index (κ2) is 3.36. The second-order valence-corrected chi connectivity index (χ2v) is 3.76. The van der Waals surface area contributed by atoms with Gasteiger partial charge in [-0.25, -0.2) is 0 Å². The molecule has 0 bridgehead atoms. The zero-order chi connectivity index (χ0) is 9.26. The number of allylic oxidation sites excluding steroid dienone is 4. The Bertz CT molecular complexity index is 286. The fourth-order valence-corrected chi connectivity index (χ4v) is 2.14. The largest absolute Gasteiger partial charge is 0.504 e. The van der Waals surface area contributed by atoms with Crippen LogP contribution in [-0.4, -0.2) is 10.9 Å². The third kappa shape index (κ3) is 1.53. The Hall–Kier alpha value is -1.05. The number of hydrogen-bond acceptors (Lipinski definition) is 2. The van der Waals surface area contributed by atoms with E-state index in [1.807, 2.05) is 0 Å².